The zero-order valence-corrected chi connectivity index (χ0v) is 16.3. The second kappa shape index (κ2) is 8.08. The lowest BCUT2D eigenvalue weighted by molar-refractivity contribution is -0.119. The van der Waals surface area contributed by atoms with Gasteiger partial charge in [0.2, 0.25) is 5.91 Å². The molecule has 2 aromatic rings. The van der Waals surface area contributed by atoms with Crippen LogP contribution in [-0.4, -0.2) is 10.9 Å². The third-order valence-electron chi connectivity index (χ3n) is 4.59. The van der Waals surface area contributed by atoms with Crippen LogP contribution in [0.3, 0.4) is 0 Å². The van der Waals surface area contributed by atoms with Gasteiger partial charge in [-0.1, -0.05) is 29.7 Å². The van der Waals surface area contributed by atoms with E-state index in [1.54, 1.807) is 30.5 Å². The molecular weight excluding hydrogens is 383 g/mol. The molecule has 1 saturated carbocycles. The zero-order valence-electron chi connectivity index (χ0n) is 14.8. The van der Waals surface area contributed by atoms with Crippen molar-refractivity contribution in [2.45, 2.75) is 26.2 Å². The molecular formula is C21H18ClFN2OS. The Hall–Kier alpha value is -2.42. The maximum absolute atomic E-state index is 14.0. The fraction of sp³-hybridized carbons (Fsp3) is 0.238. The van der Waals surface area contributed by atoms with Gasteiger partial charge in [-0.2, -0.15) is 0 Å². The van der Waals surface area contributed by atoms with Crippen molar-refractivity contribution in [2.24, 2.45) is 5.41 Å². The number of amides is 1. The van der Waals surface area contributed by atoms with Crippen molar-refractivity contribution < 1.29 is 9.18 Å². The molecule has 1 aliphatic carbocycles. The van der Waals surface area contributed by atoms with Crippen LogP contribution in [-0.2, 0) is 11.2 Å². The van der Waals surface area contributed by atoms with Gasteiger partial charge in [-0.25, -0.2) is 9.37 Å². The minimum atomic E-state index is -0.539. The molecule has 1 fully saturated rings. The molecule has 0 radical (unpaired) electrons. The molecule has 1 aliphatic rings. The largest absolute Gasteiger partial charge is 0.301 e. The third-order valence-corrected chi connectivity index (χ3v) is 5.86. The van der Waals surface area contributed by atoms with E-state index in [-0.39, 0.29) is 11.7 Å². The van der Waals surface area contributed by atoms with Crippen LogP contribution in [0.15, 0.2) is 48.2 Å². The number of hydrogen-bond donors (Lipinski definition) is 1. The molecule has 1 aromatic heterocycles. The number of anilines is 1. The maximum atomic E-state index is 14.0. The lowest BCUT2D eigenvalue weighted by Gasteiger charge is -2.15. The van der Waals surface area contributed by atoms with Crippen molar-refractivity contribution in [1.29, 1.82) is 0 Å². The number of allylic oxidation sites excluding steroid dienone is 3. The molecule has 0 atom stereocenters. The number of nitrogens with zero attached hydrogens (tertiary/aromatic N) is 1. The van der Waals surface area contributed by atoms with E-state index in [0.29, 0.717) is 22.1 Å². The number of nitrogens with one attached hydrogen (secondary N) is 1. The fourth-order valence-corrected chi connectivity index (χ4v) is 4.03. The molecule has 1 N–H and O–H groups in total. The first-order chi connectivity index (χ1) is 13.0. The summed E-state index contributed by atoms with van der Waals surface area (Å²) in [7, 11) is 0. The Morgan fingerprint density at radius 3 is 2.93 bits per heavy atom. The zero-order chi connectivity index (χ0) is 19.4. The third kappa shape index (κ3) is 4.13. The summed E-state index contributed by atoms with van der Waals surface area (Å²) in [5, 5.41) is 3.76. The van der Waals surface area contributed by atoms with E-state index in [4.69, 9.17) is 18.0 Å². The Balaban J connectivity index is 1.72. The molecule has 6 heteroatoms. The topological polar surface area (TPSA) is 42.0 Å². The first kappa shape index (κ1) is 19.3. The Morgan fingerprint density at radius 1 is 1.52 bits per heavy atom. The number of carbonyl (C=O) groups excluding carboxylic acids is 1. The molecule has 3 nitrogen and oxygen atoms in total. The Bertz CT molecular complexity index is 947. The first-order valence-electron chi connectivity index (χ1n) is 8.48. The minimum absolute atomic E-state index is 0.0953. The Kier molecular flexibility index (Phi) is 5.79. The van der Waals surface area contributed by atoms with Crippen LogP contribution in [0, 0.1) is 23.6 Å². The van der Waals surface area contributed by atoms with Gasteiger partial charge in [-0.3, -0.25) is 4.79 Å². The van der Waals surface area contributed by atoms with Gasteiger partial charge < -0.3 is 5.32 Å². The highest BCUT2D eigenvalue weighted by atomic mass is 35.5. The van der Waals surface area contributed by atoms with Gasteiger partial charge in [-0.05, 0) is 49.6 Å². The van der Waals surface area contributed by atoms with E-state index in [2.05, 4.69) is 16.2 Å². The average Bonchev–Trinajstić information content (AvgIpc) is 3.34. The highest BCUT2D eigenvalue weighted by molar-refractivity contribution is 7.15. The highest BCUT2D eigenvalue weighted by Crippen LogP contribution is 2.53. The molecule has 27 heavy (non-hydrogen) atoms. The predicted molar refractivity (Wildman–Crippen MR) is 108 cm³/mol. The van der Waals surface area contributed by atoms with Crippen LogP contribution < -0.4 is 5.32 Å². The number of hydrogen-bond acceptors (Lipinski definition) is 3. The molecule has 1 amide bonds. The second-order valence-corrected chi connectivity index (χ2v) is 7.81. The van der Waals surface area contributed by atoms with Gasteiger partial charge in [0, 0.05) is 28.1 Å². The molecule has 0 unspecified atom stereocenters. The summed E-state index contributed by atoms with van der Waals surface area (Å²) in [5.74, 6) is 2.01. The van der Waals surface area contributed by atoms with E-state index in [1.807, 2.05) is 13.0 Å². The molecule has 1 aromatic carbocycles. The lowest BCUT2D eigenvalue weighted by atomic mass is 9.94. The van der Waals surface area contributed by atoms with E-state index < -0.39 is 5.41 Å². The molecule has 1 heterocycles. The van der Waals surface area contributed by atoms with E-state index >= 15 is 0 Å². The molecule has 0 saturated heterocycles. The molecule has 0 bridgehead atoms. The van der Waals surface area contributed by atoms with Crippen LogP contribution in [0.4, 0.5) is 9.52 Å². The quantitative estimate of drug-likeness (QED) is 0.522. The summed E-state index contributed by atoms with van der Waals surface area (Å²) in [6, 6.07) is 4.61. The number of terminal acetylenes is 1. The van der Waals surface area contributed by atoms with Gasteiger partial charge in [0.1, 0.15) is 5.82 Å². The minimum Gasteiger partial charge on any atom is -0.301 e. The standard InChI is InChI=1S/C21H18ClFN2OS/c1-3-5-7-14(4-2)21(10-11-21)19(26)25-20-24-13-15(27-20)12-16-17(22)8-6-9-18(16)23/h1,4-9,13H,10-12H2,2H3,(H,24,25,26)/b7-5-,14-4+. The maximum Gasteiger partial charge on any atom is 0.236 e. The van der Waals surface area contributed by atoms with Gasteiger partial charge in [0.25, 0.3) is 0 Å². The summed E-state index contributed by atoms with van der Waals surface area (Å²) in [6.45, 7) is 1.89. The van der Waals surface area contributed by atoms with Gasteiger partial charge in [-0.15, -0.1) is 17.8 Å². The highest BCUT2D eigenvalue weighted by Gasteiger charge is 2.51. The predicted octanol–water partition coefficient (Wildman–Crippen LogP) is 5.38. The normalized spacial score (nSPS) is 15.6. The number of halogens is 2. The van der Waals surface area contributed by atoms with E-state index in [1.165, 1.54) is 17.4 Å². The fourth-order valence-electron chi connectivity index (χ4n) is 2.98. The summed E-state index contributed by atoms with van der Waals surface area (Å²) >= 11 is 7.40. The number of rotatable bonds is 6. The summed E-state index contributed by atoms with van der Waals surface area (Å²) < 4.78 is 14.0. The Morgan fingerprint density at radius 2 is 2.30 bits per heavy atom. The van der Waals surface area contributed by atoms with Crippen molar-refractivity contribution in [3.8, 4) is 12.3 Å². The SMILES string of the molecule is C#C/C=C\C(=C/C)C1(C(=O)Nc2ncc(Cc3c(F)cccc3Cl)s2)CC1. The van der Waals surface area contributed by atoms with Gasteiger partial charge in [0.05, 0.1) is 5.41 Å². The molecule has 138 valence electrons. The summed E-state index contributed by atoms with van der Waals surface area (Å²) in [6.07, 6.45) is 14.1. The lowest BCUT2D eigenvalue weighted by Crippen LogP contribution is -2.25. The summed E-state index contributed by atoms with van der Waals surface area (Å²) in [5.41, 5.74) is 0.797. The average molecular weight is 401 g/mol. The first-order valence-corrected chi connectivity index (χ1v) is 9.68. The number of aromatic nitrogens is 1. The number of thiazole rings is 1. The smallest absolute Gasteiger partial charge is 0.236 e. The van der Waals surface area contributed by atoms with Crippen molar-refractivity contribution in [1.82, 2.24) is 4.98 Å². The monoisotopic (exact) mass is 400 g/mol. The van der Waals surface area contributed by atoms with Crippen LogP contribution in [0.1, 0.15) is 30.2 Å². The van der Waals surface area contributed by atoms with Crippen molar-refractivity contribution in [2.75, 3.05) is 5.32 Å². The van der Waals surface area contributed by atoms with Crippen LogP contribution in [0.2, 0.25) is 5.02 Å². The van der Waals surface area contributed by atoms with Gasteiger partial charge >= 0.3 is 0 Å². The Labute approximate surface area is 167 Å². The van der Waals surface area contributed by atoms with E-state index in [9.17, 15) is 9.18 Å². The number of benzene rings is 1. The molecule has 0 spiro atoms. The molecule has 0 aliphatic heterocycles. The van der Waals surface area contributed by atoms with Crippen molar-refractivity contribution in [3.63, 3.8) is 0 Å². The van der Waals surface area contributed by atoms with Crippen molar-refractivity contribution in [3.05, 3.63) is 69.5 Å². The van der Waals surface area contributed by atoms with Crippen LogP contribution in [0.5, 0.6) is 0 Å². The molecule has 3 rings (SSSR count). The van der Waals surface area contributed by atoms with Crippen molar-refractivity contribution >= 4 is 34.0 Å². The second-order valence-electron chi connectivity index (χ2n) is 6.29. The number of carbonyl (C=O) groups is 1. The summed E-state index contributed by atoms with van der Waals surface area (Å²) in [4.78, 5) is 17.9. The van der Waals surface area contributed by atoms with Crippen LogP contribution >= 0.6 is 22.9 Å². The van der Waals surface area contributed by atoms with Gasteiger partial charge in [0.15, 0.2) is 5.13 Å². The van der Waals surface area contributed by atoms with Crippen LogP contribution in [0.25, 0.3) is 0 Å². The van der Waals surface area contributed by atoms with E-state index in [0.717, 1.165) is 23.3 Å².